The van der Waals surface area contributed by atoms with E-state index in [1.54, 1.807) is 0 Å². The highest BCUT2D eigenvalue weighted by Gasteiger charge is 2.75. The Morgan fingerprint density at radius 3 is 1.53 bits per heavy atom. The van der Waals surface area contributed by atoms with Gasteiger partial charge < -0.3 is 4.74 Å². The van der Waals surface area contributed by atoms with Crippen LogP contribution in [0.15, 0.2) is 0 Å². The van der Waals surface area contributed by atoms with Gasteiger partial charge in [0.25, 0.3) is 0 Å². The lowest BCUT2D eigenvalue weighted by molar-refractivity contribution is -0.352. The predicted octanol–water partition coefficient (Wildman–Crippen LogP) is 3.40. The summed E-state index contributed by atoms with van der Waals surface area (Å²) in [5, 5.41) is 0. The largest absolute Gasteiger partial charge is 0.380 e. The molecule has 0 rings (SSSR count). The Hall–Kier alpha value is -0.740. The maximum Gasteiger partial charge on any atom is 0.380 e. The van der Waals surface area contributed by atoms with Gasteiger partial charge >= 0.3 is 30.8 Å². The first-order valence-electron chi connectivity index (χ1n) is 3.67. The number of rotatable bonds is 6. The second-order valence-electron chi connectivity index (χ2n) is 2.77. The molecule has 0 fully saturated rings. The zero-order valence-electron chi connectivity index (χ0n) is 7.55. The molecule has 0 radical (unpaired) electrons. The second-order valence-corrected chi connectivity index (χ2v) is 2.77. The van der Waals surface area contributed by atoms with Gasteiger partial charge in [-0.3, -0.25) is 0 Å². The highest BCUT2D eigenvalue weighted by Crippen LogP contribution is 2.48. The summed E-state index contributed by atoms with van der Waals surface area (Å²) in [5.41, 5.74) is 0. The van der Waals surface area contributed by atoms with Crippen molar-refractivity contribution in [1.82, 2.24) is 0 Å². The lowest BCUT2D eigenvalue weighted by Crippen LogP contribution is -2.59. The van der Waals surface area contributed by atoms with E-state index in [1.807, 2.05) is 0 Å². The molecule has 0 saturated heterocycles. The molecule has 0 N–H and O–H groups in total. The topological polar surface area (TPSA) is 9.23 Å². The molecule has 0 aromatic heterocycles. The van der Waals surface area contributed by atoms with Crippen molar-refractivity contribution in [3.63, 3.8) is 0 Å². The third-order valence-corrected chi connectivity index (χ3v) is 1.54. The van der Waals surface area contributed by atoms with Crippen molar-refractivity contribution >= 4 is 0 Å². The van der Waals surface area contributed by atoms with Gasteiger partial charge in [0.05, 0.1) is 0 Å². The summed E-state index contributed by atoms with van der Waals surface area (Å²) in [5.74, 6) is -18.8. The normalized spacial score (nSPS) is 14.8. The molecule has 1 nitrogen and oxygen atoms in total. The van der Waals surface area contributed by atoms with Crippen molar-refractivity contribution in [3.8, 4) is 0 Å². The zero-order chi connectivity index (χ0) is 14.1. The van der Waals surface area contributed by atoms with Crippen LogP contribution in [0.1, 0.15) is 0 Å². The first-order chi connectivity index (χ1) is 7.36. The Morgan fingerprint density at radius 2 is 1.24 bits per heavy atom. The van der Waals surface area contributed by atoms with Gasteiger partial charge in [0.15, 0.2) is 0 Å². The summed E-state index contributed by atoms with van der Waals surface area (Å²) in [6, 6.07) is 0. The fourth-order valence-electron chi connectivity index (χ4n) is 0.639. The Kier molecular flexibility index (Phi) is 4.65. The van der Waals surface area contributed by atoms with Gasteiger partial charge in [0.2, 0.25) is 0 Å². The molecule has 0 atom stereocenters. The van der Waals surface area contributed by atoms with Crippen LogP contribution >= 0.6 is 0 Å². The SMILES string of the molecule is FC(F)OCC(F)(F)C(F)(F)C(F)(F)C(F)F. The molecule has 0 amide bonds. The van der Waals surface area contributed by atoms with Gasteiger partial charge in [-0.2, -0.15) is 35.1 Å². The summed E-state index contributed by atoms with van der Waals surface area (Å²) >= 11 is 0. The third kappa shape index (κ3) is 3.13. The van der Waals surface area contributed by atoms with Gasteiger partial charge in [-0.1, -0.05) is 0 Å². The van der Waals surface area contributed by atoms with E-state index in [1.165, 1.54) is 0 Å². The first kappa shape index (κ1) is 16.3. The summed E-state index contributed by atoms with van der Waals surface area (Å²) in [6.07, 6.45) is -5.09. The minimum absolute atomic E-state index is 2.73. The van der Waals surface area contributed by atoms with E-state index in [9.17, 15) is 43.9 Å². The van der Waals surface area contributed by atoms with Gasteiger partial charge in [-0.15, -0.1) is 0 Å². The molecule has 0 aliphatic carbocycles. The van der Waals surface area contributed by atoms with Crippen LogP contribution < -0.4 is 0 Å². The van der Waals surface area contributed by atoms with E-state index in [-0.39, 0.29) is 0 Å². The number of hydrogen-bond acceptors (Lipinski definition) is 1. The van der Waals surface area contributed by atoms with Crippen LogP contribution in [0.4, 0.5) is 43.9 Å². The third-order valence-electron chi connectivity index (χ3n) is 1.54. The highest BCUT2D eigenvalue weighted by molar-refractivity contribution is 4.97. The van der Waals surface area contributed by atoms with E-state index >= 15 is 0 Å². The molecule has 17 heavy (non-hydrogen) atoms. The fourth-order valence-corrected chi connectivity index (χ4v) is 0.639. The Balaban J connectivity index is 5.01. The number of ether oxygens (including phenoxy) is 1. The summed E-state index contributed by atoms with van der Waals surface area (Å²) in [6.45, 7) is -6.75. The molecule has 0 spiro atoms. The van der Waals surface area contributed by atoms with Gasteiger partial charge in [-0.25, -0.2) is 8.78 Å². The number of hydrogen-bond donors (Lipinski definition) is 0. The van der Waals surface area contributed by atoms with Gasteiger partial charge in [0, 0.05) is 0 Å². The molecule has 0 aliphatic rings. The Bertz CT molecular complexity index is 249. The van der Waals surface area contributed by atoms with Crippen molar-refractivity contribution in [2.24, 2.45) is 0 Å². The predicted molar refractivity (Wildman–Crippen MR) is 32.8 cm³/mol. The van der Waals surface area contributed by atoms with Crippen LogP contribution in [0.25, 0.3) is 0 Å². The first-order valence-corrected chi connectivity index (χ1v) is 3.67. The molecule has 0 aromatic carbocycles. The molecule has 104 valence electrons. The van der Waals surface area contributed by atoms with E-state index in [0.717, 1.165) is 0 Å². The van der Waals surface area contributed by atoms with E-state index in [4.69, 9.17) is 0 Å². The van der Waals surface area contributed by atoms with Crippen molar-refractivity contribution in [1.29, 1.82) is 0 Å². The van der Waals surface area contributed by atoms with Crippen LogP contribution in [0.3, 0.4) is 0 Å². The van der Waals surface area contributed by atoms with Crippen molar-refractivity contribution in [2.75, 3.05) is 6.61 Å². The molecule has 0 unspecified atom stereocenters. The van der Waals surface area contributed by atoms with E-state index < -0.39 is 37.4 Å². The maximum atomic E-state index is 12.4. The highest BCUT2D eigenvalue weighted by atomic mass is 19.4. The minimum atomic E-state index is -6.52. The monoisotopic (exact) mass is 282 g/mol. The molecule has 0 saturated carbocycles. The standard InChI is InChI=1S/C6H4F10O/c7-2(8)5(13,14)6(15,16)4(11,12)1-17-3(9)10/h2-3H,1H2. The van der Waals surface area contributed by atoms with Crippen LogP contribution in [-0.4, -0.2) is 37.4 Å². The Labute approximate surface area is 87.3 Å². The molecular weight excluding hydrogens is 278 g/mol. The van der Waals surface area contributed by atoms with E-state index in [0.29, 0.717) is 0 Å². The lowest BCUT2D eigenvalue weighted by atomic mass is 10.1. The fraction of sp³-hybridized carbons (Fsp3) is 1.00. The van der Waals surface area contributed by atoms with Crippen molar-refractivity contribution in [3.05, 3.63) is 0 Å². The smallest absolute Gasteiger partial charge is 0.316 e. The Morgan fingerprint density at radius 1 is 0.824 bits per heavy atom. The van der Waals surface area contributed by atoms with E-state index in [2.05, 4.69) is 4.74 Å². The molecule has 0 heterocycles. The van der Waals surface area contributed by atoms with Crippen LogP contribution in [0.5, 0.6) is 0 Å². The average molecular weight is 282 g/mol. The second kappa shape index (κ2) is 4.86. The van der Waals surface area contributed by atoms with Gasteiger partial charge in [-0.05, 0) is 0 Å². The molecule has 0 aromatic rings. The minimum Gasteiger partial charge on any atom is -0.316 e. The number of alkyl halides is 10. The average Bonchev–Trinajstić information content (AvgIpc) is 2.14. The van der Waals surface area contributed by atoms with Crippen molar-refractivity contribution in [2.45, 2.75) is 30.8 Å². The quantitative estimate of drug-likeness (QED) is 0.678. The zero-order valence-corrected chi connectivity index (χ0v) is 7.55. The lowest BCUT2D eigenvalue weighted by Gasteiger charge is -2.31. The summed E-state index contributed by atoms with van der Waals surface area (Å²) in [7, 11) is 0. The van der Waals surface area contributed by atoms with Crippen LogP contribution in [0.2, 0.25) is 0 Å². The number of halogens is 10. The van der Waals surface area contributed by atoms with Crippen LogP contribution in [0, 0.1) is 0 Å². The molecule has 11 heteroatoms. The molecule has 0 aliphatic heterocycles. The van der Waals surface area contributed by atoms with Crippen molar-refractivity contribution < 1.29 is 48.6 Å². The summed E-state index contributed by atoms with van der Waals surface area (Å²) < 4.78 is 122. The maximum absolute atomic E-state index is 12.4. The van der Waals surface area contributed by atoms with Crippen LogP contribution in [-0.2, 0) is 4.74 Å². The van der Waals surface area contributed by atoms with Gasteiger partial charge in [0.1, 0.15) is 6.61 Å². The molecule has 0 bridgehead atoms. The molecular formula is C6H4F10O. The summed E-state index contributed by atoms with van der Waals surface area (Å²) in [4.78, 5) is 0.